The van der Waals surface area contributed by atoms with Gasteiger partial charge in [0.25, 0.3) is 5.91 Å². The van der Waals surface area contributed by atoms with Crippen molar-refractivity contribution in [2.24, 2.45) is 7.05 Å². The number of amides is 1. The van der Waals surface area contributed by atoms with E-state index in [0.717, 1.165) is 0 Å². The molecule has 0 aromatic carbocycles. The Morgan fingerprint density at radius 2 is 2.29 bits per heavy atom. The molecule has 0 aliphatic heterocycles. The first kappa shape index (κ1) is 13.2. The van der Waals surface area contributed by atoms with E-state index in [0.29, 0.717) is 5.69 Å². The zero-order chi connectivity index (χ0) is 12.8. The number of methoxy groups -OCH3 is 1. The highest BCUT2D eigenvalue weighted by Gasteiger charge is 2.20. The maximum Gasteiger partial charge on any atom is 0.323 e. The van der Waals surface area contributed by atoms with Crippen LogP contribution in [0.2, 0.25) is 0 Å². The lowest BCUT2D eigenvalue weighted by Crippen LogP contribution is -2.38. The highest BCUT2D eigenvalue weighted by atomic mass is 16.5. The minimum absolute atomic E-state index is 0.229. The molecule has 1 N–H and O–H groups in total. The number of aromatic nitrogens is 2. The molecule has 1 amide bonds. The van der Waals surface area contributed by atoms with E-state index in [4.69, 9.17) is 9.84 Å². The monoisotopic (exact) mass is 241 g/mol. The van der Waals surface area contributed by atoms with Gasteiger partial charge < -0.3 is 14.7 Å². The van der Waals surface area contributed by atoms with E-state index in [-0.39, 0.29) is 25.6 Å². The number of rotatable bonds is 6. The smallest absolute Gasteiger partial charge is 0.323 e. The highest BCUT2D eigenvalue weighted by molar-refractivity contribution is 5.94. The normalized spacial score (nSPS) is 10.2. The van der Waals surface area contributed by atoms with Crippen molar-refractivity contribution in [3.8, 4) is 0 Å². The Bertz CT molecular complexity index is 402. The van der Waals surface area contributed by atoms with Gasteiger partial charge in [0.15, 0.2) is 0 Å². The summed E-state index contributed by atoms with van der Waals surface area (Å²) in [6, 6.07) is 1.55. The van der Waals surface area contributed by atoms with Crippen molar-refractivity contribution in [2.75, 3.05) is 26.8 Å². The van der Waals surface area contributed by atoms with Gasteiger partial charge >= 0.3 is 5.97 Å². The number of hydrogen-bond acceptors (Lipinski definition) is 4. The molecule has 1 aromatic rings. The van der Waals surface area contributed by atoms with Crippen LogP contribution in [0.5, 0.6) is 0 Å². The Labute approximate surface area is 98.6 Å². The first-order chi connectivity index (χ1) is 8.06. The molecule has 0 radical (unpaired) electrons. The summed E-state index contributed by atoms with van der Waals surface area (Å²) in [7, 11) is 3.12. The van der Waals surface area contributed by atoms with Crippen LogP contribution in [-0.4, -0.2) is 58.5 Å². The number of aryl methyl sites for hydroxylation is 1. The minimum atomic E-state index is -1.06. The number of carbonyl (C=O) groups is 2. The predicted octanol–water partition coefficient (Wildman–Crippen LogP) is -0.407. The standard InChI is InChI=1S/C10H15N3O4/c1-12-8(3-4-11-12)10(16)13(5-6-17-2)7-9(14)15/h3-4H,5-7H2,1-2H3,(H,14,15). The molecule has 0 aliphatic carbocycles. The molecule has 7 nitrogen and oxygen atoms in total. The summed E-state index contributed by atoms with van der Waals surface area (Å²) in [5, 5.41) is 12.6. The zero-order valence-corrected chi connectivity index (χ0v) is 9.79. The predicted molar refractivity (Wildman–Crippen MR) is 58.6 cm³/mol. The third-order valence-corrected chi connectivity index (χ3v) is 2.22. The van der Waals surface area contributed by atoms with Crippen LogP contribution in [0, 0.1) is 0 Å². The average molecular weight is 241 g/mol. The molecule has 0 aliphatic rings. The molecule has 0 fully saturated rings. The number of aliphatic carboxylic acids is 1. The van der Waals surface area contributed by atoms with Crippen molar-refractivity contribution < 1.29 is 19.4 Å². The third kappa shape index (κ3) is 3.56. The average Bonchev–Trinajstić information content (AvgIpc) is 2.69. The van der Waals surface area contributed by atoms with E-state index in [1.54, 1.807) is 13.1 Å². The second kappa shape index (κ2) is 6.00. The zero-order valence-electron chi connectivity index (χ0n) is 9.79. The second-order valence-electron chi connectivity index (χ2n) is 3.45. The number of nitrogens with zero attached hydrogens (tertiary/aromatic N) is 3. The SMILES string of the molecule is COCCN(CC(=O)O)C(=O)c1ccnn1C. The lowest BCUT2D eigenvalue weighted by Gasteiger charge is -2.20. The molecular formula is C10H15N3O4. The van der Waals surface area contributed by atoms with Gasteiger partial charge in [0.05, 0.1) is 6.61 Å². The van der Waals surface area contributed by atoms with Crippen molar-refractivity contribution in [3.63, 3.8) is 0 Å². The Hall–Kier alpha value is -1.89. The first-order valence-corrected chi connectivity index (χ1v) is 5.04. The number of carboxylic acids is 1. The molecular weight excluding hydrogens is 226 g/mol. The second-order valence-corrected chi connectivity index (χ2v) is 3.45. The maximum absolute atomic E-state index is 12.0. The molecule has 0 bridgehead atoms. The quantitative estimate of drug-likeness (QED) is 0.732. The lowest BCUT2D eigenvalue weighted by molar-refractivity contribution is -0.137. The van der Waals surface area contributed by atoms with E-state index in [2.05, 4.69) is 5.10 Å². The van der Waals surface area contributed by atoms with Gasteiger partial charge in [-0.25, -0.2) is 0 Å². The van der Waals surface area contributed by atoms with E-state index in [9.17, 15) is 9.59 Å². The maximum atomic E-state index is 12.0. The number of hydrogen-bond donors (Lipinski definition) is 1. The van der Waals surface area contributed by atoms with Crippen LogP contribution < -0.4 is 0 Å². The van der Waals surface area contributed by atoms with Crippen molar-refractivity contribution in [1.29, 1.82) is 0 Å². The Kier molecular flexibility index (Phi) is 4.65. The van der Waals surface area contributed by atoms with Crippen LogP contribution in [-0.2, 0) is 16.6 Å². The number of carbonyl (C=O) groups excluding carboxylic acids is 1. The van der Waals surface area contributed by atoms with Gasteiger partial charge in [-0.1, -0.05) is 0 Å². The Balaban J connectivity index is 2.78. The van der Waals surface area contributed by atoms with Crippen LogP contribution in [0.25, 0.3) is 0 Å². The molecule has 1 rings (SSSR count). The van der Waals surface area contributed by atoms with Crippen LogP contribution in [0.3, 0.4) is 0 Å². The molecule has 0 spiro atoms. The molecule has 0 unspecified atom stereocenters. The highest BCUT2D eigenvalue weighted by Crippen LogP contribution is 2.03. The Morgan fingerprint density at radius 3 is 2.76 bits per heavy atom. The molecule has 0 saturated heterocycles. The van der Waals surface area contributed by atoms with E-state index in [1.165, 1.54) is 22.9 Å². The molecule has 0 saturated carbocycles. The summed E-state index contributed by atoms with van der Waals surface area (Å²) in [6.07, 6.45) is 1.49. The summed E-state index contributed by atoms with van der Waals surface area (Å²) in [5.41, 5.74) is 0.349. The molecule has 1 aromatic heterocycles. The van der Waals surface area contributed by atoms with Gasteiger partial charge in [-0.3, -0.25) is 14.3 Å². The number of carboxylic acid groups (broad SMARTS) is 1. The summed E-state index contributed by atoms with van der Waals surface area (Å²) < 4.78 is 6.25. The minimum Gasteiger partial charge on any atom is -0.480 e. The van der Waals surface area contributed by atoms with Crippen LogP contribution in [0.4, 0.5) is 0 Å². The van der Waals surface area contributed by atoms with Crippen molar-refractivity contribution in [3.05, 3.63) is 18.0 Å². The van der Waals surface area contributed by atoms with Gasteiger partial charge in [-0.2, -0.15) is 5.10 Å². The molecule has 0 atom stereocenters. The Morgan fingerprint density at radius 1 is 1.59 bits per heavy atom. The summed E-state index contributed by atoms with van der Waals surface area (Å²) in [4.78, 5) is 23.9. The van der Waals surface area contributed by atoms with Crippen molar-refractivity contribution >= 4 is 11.9 Å². The van der Waals surface area contributed by atoms with E-state index >= 15 is 0 Å². The van der Waals surface area contributed by atoms with Gasteiger partial charge in [0, 0.05) is 26.9 Å². The fourth-order valence-corrected chi connectivity index (χ4v) is 1.36. The summed E-state index contributed by atoms with van der Waals surface area (Å²) >= 11 is 0. The van der Waals surface area contributed by atoms with Crippen LogP contribution >= 0.6 is 0 Å². The summed E-state index contributed by atoms with van der Waals surface area (Å²) in [6.45, 7) is 0.164. The number of ether oxygens (including phenoxy) is 1. The first-order valence-electron chi connectivity index (χ1n) is 5.04. The molecule has 7 heteroatoms. The topological polar surface area (TPSA) is 84.7 Å². The molecule has 17 heavy (non-hydrogen) atoms. The van der Waals surface area contributed by atoms with Crippen molar-refractivity contribution in [1.82, 2.24) is 14.7 Å². The molecule has 94 valence electrons. The third-order valence-electron chi connectivity index (χ3n) is 2.22. The van der Waals surface area contributed by atoms with E-state index < -0.39 is 5.97 Å². The van der Waals surface area contributed by atoms with Gasteiger partial charge in [0.1, 0.15) is 12.2 Å². The summed E-state index contributed by atoms with van der Waals surface area (Å²) in [5.74, 6) is -1.43. The van der Waals surface area contributed by atoms with Gasteiger partial charge in [-0.15, -0.1) is 0 Å². The van der Waals surface area contributed by atoms with Crippen LogP contribution in [0.15, 0.2) is 12.3 Å². The van der Waals surface area contributed by atoms with Gasteiger partial charge in [0.2, 0.25) is 0 Å². The van der Waals surface area contributed by atoms with E-state index in [1.807, 2.05) is 0 Å². The largest absolute Gasteiger partial charge is 0.480 e. The molecule has 1 heterocycles. The fourth-order valence-electron chi connectivity index (χ4n) is 1.36. The van der Waals surface area contributed by atoms with Crippen LogP contribution in [0.1, 0.15) is 10.5 Å². The van der Waals surface area contributed by atoms with Crippen molar-refractivity contribution in [2.45, 2.75) is 0 Å². The van der Waals surface area contributed by atoms with Gasteiger partial charge in [-0.05, 0) is 6.07 Å². The lowest BCUT2D eigenvalue weighted by atomic mass is 10.3. The fraction of sp³-hybridized carbons (Fsp3) is 0.500.